The largest absolute Gasteiger partial charge is 0.144 e. The molecule has 110 valence electrons. The van der Waals surface area contributed by atoms with Gasteiger partial charge in [0.15, 0.2) is 0 Å². The number of benzene rings is 3. The minimum atomic E-state index is 0.356. The second kappa shape index (κ2) is 7.66. The first-order chi connectivity index (χ1) is 10.8. The van der Waals surface area contributed by atoms with E-state index in [4.69, 9.17) is 0 Å². The molecule has 0 saturated carbocycles. The maximum absolute atomic E-state index is 3.52. The molecule has 0 unspecified atom stereocenters. The van der Waals surface area contributed by atoms with E-state index in [2.05, 4.69) is 101 Å². The minimum Gasteiger partial charge on any atom is -0.144 e. The van der Waals surface area contributed by atoms with Crippen LogP contribution in [0.4, 0.5) is 0 Å². The number of halogens is 1. The number of hydrogen-bond donors (Lipinski definition) is 0. The summed E-state index contributed by atoms with van der Waals surface area (Å²) in [5.74, 6) is 1.01. The molecule has 0 radical (unpaired) electrons. The predicted molar refractivity (Wildman–Crippen MR) is 100 cm³/mol. The van der Waals surface area contributed by atoms with Crippen molar-refractivity contribution in [3.8, 4) is 0 Å². The van der Waals surface area contributed by atoms with Gasteiger partial charge in [-0.25, -0.2) is 0 Å². The van der Waals surface area contributed by atoms with Crippen LogP contribution in [-0.2, 0) is 5.75 Å². The average molecular weight is 369 g/mol. The summed E-state index contributed by atoms with van der Waals surface area (Å²) in [6, 6.07) is 30.0. The van der Waals surface area contributed by atoms with Gasteiger partial charge in [0, 0.05) is 10.2 Å². The first-order valence-electron chi connectivity index (χ1n) is 7.29. The van der Waals surface area contributed by atoms with Gasteiger partial charge in [0.2, 0.25) is 0 Å². The van der Waals surface area contributed by atoms with Crippen LogP contribution in [0, 0.1) is 0 Å². The highest BCUT2D eigenvalue weighted by atomic mass is 79.9. The van der Waals surface area contributed by atoms with Gasteiger partial charge in [0.05, 0.1) is 5.25 Å². The van der Waals surface area contributed by atoms with E-state index in [-0.39, 0.29) is 0 Å². The number of hydrogen-bond acceptors (Lipinski definition) is 1. The van der Waals surface area contributed by atoms with E-state index in [1.807, 2.05) is 11.8 Å². The van der Waals surface area contributed by atoms with Crippen LogP contribution in [0.3, 0.4) is 0 Å². The van der Waals surface area contributed by atoms with Crippen molar-refractivity contribution in [3.05, 3.63) is 106 Å². The van der Waals surface area contributed by atoms with E-state index in [9.17, 15) is 0 Å². The second-order valence-electron chi connectivity index (χ2n) is 5.14. The highest BCUT2D eigenvalue weighted by molar-refractivity contribution is 9.10. The molecule has 0 heterocycles. The van der Waals surface area contributed by atoms with Crippen LogP contribution < -0.4 is 0 Å². The first-order valence-corrected chi connectivity index (χ1v) is 9.13. The van der Waals surface area contributed by atoms with Gasteiger partial charge in [0.1, 0.15) is 0 Å². The van der Waals surface area contributed by atoms with Gasteiger partial charge in [0.25, 0.3) is 0 Å². The average Bonchev–Trinajstić information content (AvgIpc) is 2.58. The molecular formula is C20H17BrS. The summed E-state index contributed by atoms with van der Waals surface area (Å²) < 4.78 is 1.12. The molecule has 0 spiro atoms. The standard InChI is InChI=1S/C20H17BrS/c21-19-13-11-18(12-14-19)20(17-9-5-2-6-10-17)22-15-16-7-3-1-4-8-16/h1-14,20H,15H2/t20-/m1/s1. The molecular weight excluding hydrogens is 352 g/mol. The monoisotopic (exact) mass is 368 g/mol. The normalized spacial score (nSPS) is 12.0. The van der Waals surface area contributed by atoms with Crippen LogP contribution in [-0.4, -0.2) is 0 Å². The van der Waals surface area contributed by atoms with Gasteiger partial charge in [-0.15, -0.1) is 11.8 Å². The topological polar surface area (TPSA) is 0 Å². The Morgan fingerprint density at radius 3 is 1.86 bits per heavy atom. The molecule has 3 aromatic carbocycles. The summed E-state index contributed by atoms with van der Waals surface area (Å²) in [7, 11) is 0. The van der Waals surface area contributed by atoms with Gasteiger partial charge in [-0.05, 0) is 28.8 Å². The van der Waals surface area contributed by atoms with Crippen molar-refractivity contribution in [1.29, 1.82) is 0 Å². The summed E-state index contributed by atoms with van der Waals surface area (Å²) in [5.41, 5.74) is 4.06. The maximum Gasteiger partial charge on any atom is 0.0549 e. The zero-order valence-corrected chi connectivity index (χ0v) is 14.6. The molecule has 0 nitrogen and oxygen atoms in total. The van der Waals surface area contributed by atoms with E-state index in [1.54, 1.807) is 0 Å². The molecule has 0 fully saturated rings. The molecule has 0 aromatic heterocycles. The fourth-order valence-electron chi connectivity index (χ4n) is 2.40. The van der Waals surface area contributed by atoms with Crippen molar-refractivity contribution in [2.75, 3.05) is 0 Å². The summed E-state index contributed by atoms with van der Waals surface area (Å²) in [4.78, 5) is 0. The molecule has 1 atom stereocenters. The quantitative estimate of drug-likeness (QED) is 0.497. The first kappa shape index (κ1) is 15.4. The van der Waals surface area contributed by atoms with Crippen molar-refractivity contribution in [3.63, 3.8) is 0 Å². The Morgan fingerprint density at radius 1 is 0.682 bits per heavy atom. The van der Waals surface area contributed by atoms with Crippen molar-refractivity contribution in [2.45, 2.75) is 11.0 Å². The summed E-state index contributed by atoms with van der Waals surface area (Å²) in [6.45, 7) is 0. The molecule has 0 aliphatic carbocycles. The molecule has 0 aliphatic heterocycles. The SMILES string of the molecule is Brc1ccc([C@H](SCc2ccccc2)c2ccccc2)cc1. The Morgan fingerprint density at radius 2 is 1.23 bits per heavy atom. The fourth-order valence-corrected chi connectivity index (χ4v) is 3.92. The van der Waals surface area contributed by atoms with Crippen LogP contribution in [0.5, 0.6) is 0 Å². The van der Waals surface area contributed by atoms with E-state index in [1.165, 1.54) is 16.7 Å². The summed E-state index contributed by atoms with van der Waals surface area (Å²) in [6.07, 6.45) is 0. The molecule has 0 N–H and O–H groups in total. The molecule has 0 bridgehead atoms. The van der Waals surface area contributed by atoms with Crippen LogP contribution in [0.1, 0.15) is 21.9 Å². The van der Waals surface area contributed by atoms with Crippen molar-refractivity contribution in [1.82, 2.24) is 0 Å². The Labute approximate surface area is 144 Å². The van der Waals surface area contributed by atoms with Crippen LogP contribution in [0.25, 0.3) is 0 Å². The third-order valence-electron chi connectivity index (χ3n) is 3.53. The van der Waals surface area contributed by atoms with Crippen LogP contribution in [0.2, 0.25) is 0 Å². The smallest absolute Gasteiger partial charge is 0.0549 e. The minimum absolute atomic E-state index is 0.356. The lowest BCUT2D eigenvalue weighted by atomic mass is 10.0. The third kappa shape index (κ3) is 4.02. The van der Waals surface area contributed by atoms with Gasteiger partial charge in [-0.1, -0.05) is 88.7 Å². The van der Waals surface area contributed by atoms with Crippen molar-refractivity contribution >= 4 is 27.7 Å². The number of rotatable bonds is 5. The van der Waals surface area contributed by atoms with Gasteiger partial charge in [-0.3, -0.25) is 0 Å². The Kier molecular flexibility index (Phi) is 5.36. The molecule has 3 aromatic rings. The molecule has 0 saturated heterocycles. The highest BCUT2D eigenvalue weighted by Gasteiger charge is 2.14. The van der Waals surface area contributed by atoms with Crippen LogP contribution >= 0.6 is 27.7 Å². The van der Waals surface area contributed by atoms with Gasteiger partial charge in [-0.2, -0.15) is 0 Å². The zero-order valence-electron chi connectivity index (χ0n) is 12.2. The maximum atomic E-state index is 3.52. The van der Waals surface area contributed by atoms with E-state index >= 15 is 0 Å². The van der Waals surface area contributed by atoms with Crippen molar-refractivity contribution < 1.29 is 0 Å². The second-order valence-corrected chi connectivity index (χ2v) is 7.15. The zero-order chi connectivity index (χ0) is 15.2. The summed E-state index contributed by atoms with van der Waals surface area (Å²) in [5, 5.41) is 0.356. The molecule has 0 aliphatic rings. The lowest BCUT2D eigenvalue weighted by molar-refractivity contribution is 1.15. The van der Waals surface area contributed by atoms with Crippen LogP contribution in [0.15, 0.2) is 89.4 Å². The van der Waals surface area contributed by atoms with E-state index in [0.29, 0.717) is 5.25 Å². The Bertz CT molecular complexity index is 693. The molecule has 0 amide bonds. The third-order valence-corrected chi connectivity index (χ3v) is 5.44. The van der Waals surface area contributed by atoms with Gasteiger partial charge >= 0.3 is 0 Å². The Hall–Kier alpha value is -1.51. The number of thioether (sulfide) groups is 1. The van der Waals surface area contributed by atoms with Crippen molar-refractivity contribution in [2.24, 2.45) is 0 Å². The lowest BCUT2D eigenvalue weighted by Gasteiger charge is -2.18. The molecule has 2 heteroatoms. The molecule has 3 rings (SSSR count). The Balaban J connectivity index is 1.85. The van der Waals surface area contributed by atoms with E-state index < -0.39 is 0 Å². The summed E-state index contributed by atoms with van der Waals surface area (Å²) >= 11 is 5.49. The van der Waals surface area contributed by atoms with Gasteiger partial charge < -0.3 is 0 Å². The fraction of sp³-hybridized carbons (Fsp3) is 0.100. The molecule has 22 heavy (non-hydrogen) atoms. The highest BCUT2D eigenvalue weighted by Crippen LogP contribution is 2.37. The lowest BCUT2D eigenvalue weighted by Crippen LogP contribution is -1.97. The van der Waals surface area contributed by atoms with E-state index in [0.717, 1.165) is 10.2 Å². The predicted octanol–water partition coefficient (Wildman–Crippen LogP) is 6.47.